The molecule has 0 fully saturated rings. The number of hydrogen-bond donors (Lipinski definition) is 1. The van der Waals surface area contributed by atoms with Gasteiger partial charge in [0.05, 0.1) is 6.61 Å². The van der Waals surface area contributed by atoms with Gasteiger partial charge in [-0.05, 0) is 161 Å². The molecule has 500 valence electrons. The zero-order valence-electron chi connectivity index (χ0n) is 57.3. The van der Waals surface area contributed by atoms with Crippen LogP contribution in [-0.4, -0.2) is 36.4 Å². The molecule has 0 saturated carbocycles. The van der Waals surface area contributed by atoms with Crippen molar-refractivity contribution >= 4 is 11.9 Å². The molecule has 5 nitrogen and oxygen atoms in total. The highest BCUT2D eigenvalue weighted by molar-refractivity contribution is 5.70. The maximum Gasteiger partial charge on any atom is 0.306 e. The number of allylic oxidation sites excluding steroid dienone is 38. The van der Waals surface area contributed by atoms with Gasteiger partial charge in [-0.25, -0.2) is 0 Å². The number of rotatable bonds is 63. The van der Waals surface area contributed by atoms with E-state index in [0.29, 0.717) is 12.8 Å². The monoisotopic (exact) mass is 1230 g/mol. The van der Waals surface area contributed by atoms with E-state index in [1.807, 2.05) is 0 Å². The summed E-state index contributed by atoms with van der Waals surface area (Å²) in [5.41, 5.74) is 0. The molecule has 0 aliphatic carbocycles. The number of hydrogen-bond acceptors (Lipinski definition) is 5. The van der Waals surface area contributed by atoms with Crippen LogP contribution in [-0.2, 0) is 19.1 Å². The summed E-state index contributed by atoms with van der Waals surface area (Å²) in [4.78, 5) is 24.7. The fourth-order valence-electron chi connectivity index (χ4n) is 9.16. The summed E-state index contributed by atoms with van der Waals surface area (Å²) in [5, 5.41) is 9.71. The highest BCUT2D eigenvalue weighted by atomic mass is 16.6. The van der Waals surface area contributed by atoms with Crippen molar-refractivity contribution in [3.63, 3.8) is 0 Å². The molecule has 1 unspecified atom stereocenters. The number of carbonyl (C=O) groups is 2. The molecular formula is C85H130O5. The third-order valence-electron chi connectivity index (χ3n) is 14.5. The largest absolute Gasteiger partial charge is 0.462 e. The quantitative estimate of drug-likeness (QED) is 0.0373. The molecule has 0 heterocycles. The van der Waals surface area contributed by atoms with Crippen molar-refractivity contribution in [3.8, 4) is 0 Å². The lowest BCUT2D eigenvalue weighted by Gasteiger charge is -2.15. The van der Waals surface area contributed by atoms with E-state index in [-0.39, 0.29) is 25.2 Å². The van der Waals surface area contributed by atoms with Crippen LogP contribution >= 0.6 is 0 Å². The highest BCUT2D eigenvalue weighted by Crippen LogP contribution is 2.15. The Hall–Kier alpha value is -6.04. The van der Waals surface area contributed by atoms with Crippen molar-refractivity contribution in [1.82, 2.24) is 0 Å². The minimum atomic E-state index is -0.799. The number of unbranched alkanes of at least 4 members (excludes halogenated alkanes) is 17. The molecule has 90 heavy (non-hydrogen) atoms. The molecule has 1 atom stereocenters. The van der Waals surface area contributed by atoms with E-state index in [0.717, 1.165) is 167 Å². The fourth-order valence-corrected chi connectivity index (χ4v) is 9.16. The van der Waals surface area contributed by atoms with E-state index in [1.165, 1.54) is 77.0 Å². The molecule has 0 aliphatic rings. The summed E-state index contributed by atoms with van der Waals surface area (Å²) in [6, 6.07) is 0. The number of esters is 2. The van der Waals surface area contributed by atoms with Crippen LogP contribution in [0.15, 0.2) is 231 Å². The molecule has 0 aromatic heterocycles. The van der Waals surface area contributed by atoms with Gasteiger partial charge in [0.25, 0.3) is 0 Å². The van der Waals surface area contributed by atoms with Crippen molar-refractivity contribution in [1.29, 1.82) is 0 Å². The van der Waals surface area contributed by atoms with Crippen LogP contribution in [0.4, 0.5) is 0 Å². The van der Waals surface area contributed by atoms with E-state index in [2.05, 4.69) is 245 Å². The van der Waals surface area contributed by atoms with E-state index in [9.17, 15) is 14.7 Å². The van der Waals surface area contributed by atoms with Gasteiger partial charge in [-0.2, -0.15) is 0 Å². The Kier molecular flexibility index (Phi) is 72.0. The summed E-state index contributed by atoms with van der Waals surface area (Å²) in [6.45, 7) is 3.89. The molecule has 0 radical (unpaired) electrons. The lowest BCUT2D eigenvalue weighted by molar-refractivity contribution is -0.161. The summed E-state index contributed by atoms with van der Waals surface area (Å²) in [6.07, 6.45) is 126. The molecule has 0 aromatic carbocycles. The number of aliphatic hydroxyl groups is 1. The van der Waals surface area contributed by atoms with E-state index in [4.69, 9.17) is 9.47 Å². The van der Waals surface area contributed by atoms with E-state index in [1.54, 1.807) is 0 Å². The second-order valence-corrected chi connectivity index (χ2v) is 22.8. The predicted molar refractivity (Wildman–Crippen MR) is 398 cm³/mol. The van der Waals surface area contributed by atoms with Crippen LogP contribution in [0.2, 0.25) is 0 Å². The van der Waals surface area contributed by atoms with Gasteiger partial charge in [0.1, 0.15) is 6.61 Å². The first-order valence-electron chi connectivity index (χ1n) is 35.9. The van der Waals surface area contributed by atoms with Crippen LogP contribution < -0.4 is 0 Å². The summed E-state index contributed by atoms with van der Waals surface area (Å²) in [7, 11) is 0. The van der Waals surface area contributed by atoms with Crippen LogP contribution in [0.1, 0.15) is 271 Å². The topological polar surface area (TPSA) is 72.8 Å². The predicted octanol–water partition coefficient (Wildman–Crippen LogP) is 25.6. The molecule has 0 spiro atoms. The Morgan fingerprint density at radius 2 is 0.444 bits per heavy atom. The molecule has 5 heteroatoms. The van der Waals surface area contributed by atoms with Crippen molar-refractivity contribution < 1.29 is 24.2 Å². The highest BCUT2D eigenvalue weighted by Gasteiger charge is 2.16. The maximum absolute atomic E-state index is 12.4. The Balaban J connectivity index is 3.63. The van der Waals surface area contributed by atoms with Gasteiger partial charge in [0.15, 0.2) is 6.10 Å². The molecule has 0 bridgehead atoms. The SMILES string of the molecule is CC/C=C\C/C=C\C/C=C\C/C=C\C/C=C\C/C=C\C/C=C\C/C=C\C/C=C\C/C=C\C/C=C\CCCCCCCCCC(=O)OC(CO)COC(=O)CCCCCCCCCCCC/C=C\C/C=C\C/C=C\C/C=C\C/C=C\C/C=C\C/C=C\C/C=C\CC. The van der Waals surface area contributed by atoms with Crippen molar-refractivity contribution in [2.75, 3.05) is 13.2 Å². The number of carbonyl (C=O) groups excluding carboxylic acids is 2. The van der Waals surface area contributed by atoms with Crippen LogP contribution in [0.3, 0.4) is 0 Å². The Labute approximate surface area is 554 Å². The smallest absolute Gasteiger partial charge is 0.306 e. The van der Waals surface area contributed by atoms with Crippen molar-refractivity contribution in [2.45, 2.75) is 277 Å². The van der Waals surface area contributed by atoms with Crippen molar-refractivity contribution in [3.05, 3.63) is 231 Å². The van der Waals surface area contributed by atoms with Gasteiger partial charge in [-0.1, -0.05) is 328 Å². The lowest BCUT2D eigenvalue weighted by Crippen LogP contribution is -2.28. The average molecular weight is 1230 g/mol. The zero-order chi connectivity index (χ0) is 64.7. The van der Waals surface area contributed by atoms with Crippen molar-refractivity contribution in [2.24, 2.45) is 0 Å². The lowest BCUT2D eigenvalue weighted by atomic mass is 10.1. The second-order valence-electron chi connectivity index (χ2n) is 22.8. The fraction of sp³-hybridized carbons (Fsp3) is 0.529. The van der Waals surface area contributed by atoms with Gasteiger partial charge in [0.2, 0.25) is 0 Å². The normalized spacial score (nSPS) is 13.7. The molecule has 0 aromatic rings. The molecule has 0 aliphatic heterocycles. The zero-order valence-corrected chi connectivity index (χ0v) is 57.3. The minimum Gasteiger partial charge on any atom is -0.462 e. The summed E-state index contributed by atoms with van der Waals surface area (Å²) < 4.78 is 10.7. The first kappa shape index (κ1) is 84.0. The Bertz CT molecular complexity index is 2180. The Morgan fingerprint density at radius 1 is 0.256 bits per heavy atom. The molecular weight excluding hydrogens is 1100 g/mol. The van der Waals surface area contributed by atoms with Gasteiger partial charge >= 0.3 is 11.9 Å². The van der Waals surface area contributed by atoms with Gasteiger partial charge in [-0.15, -0.1) is 0 Å². The summed E-state index contributed by atoms with van der Waals surface area (Å²) in [5.74, 6) is -0.622. The van der Waals surface area contributed by atoms with Crippen LogP contribution in [0.25, 0.3) is 0 Å². The third kappa shape index (κ3) is 74.4. The van der Waals surface area contributed by atoms with E-state index < -0.39 is 6.10 Å². The van der Waals surface area contributed by atoms with Gasteiger partial charge in [-0.3, -0.25) is 9.59 Å². The van der Waals surface area contributed by atoms with Crippen LogP contribution in [0, 0.1) is 0 Å². The molecule has 1 N–H and O–H groups in total. The first-order chi connectivity index (χ1) is 44.6. The second kappa shape index (κ2) is 77.2. The van der Waals surface area contributed by atoms with Gasteiger partial charge < -0.3 is 14.6 Å². The van der Waals surface area contributed by atoms with Crippen LogP contribution in [0.5, 0.6) is 0 Å². The average Bonchev–Trinajstić information content (AvgIpc) is 3.60. The third-order valence-corrected chi connectivity index (χ3v) is 14.5. The first-order valence-corrected chi connectivity index (χ1v) is 35.9. The minimum absolute atomic E-state index is 0.0870. The standard InChI is InChI=1S/C85H130O5/c1-3-5-7-9-11-13-15-17-19-21-23-25-27-29-31-33-35-37-39-40-41-42-43-44-46-48-50-52-54-56-58-60-62-64-66-68-70-72-74-76-78-80-85(88)90-83(81-86)82-89-84(87)79-77-75-73-71-69-67-65-63-61-59-57-55-53-51-49-47-45-38-36-34-32-30-28-26-24-22-20-18-16-14-12-10-8-6-4-2/h5-8,11-14,17-20,23-26,29-32,35-38,40-41,43-44,47-50,53-56,60,62,83,86H,3-4,9-10,15-16,21-22,27-28,33-34,39,42,45-46,51-52,57-59,61,63-82H2,1-2H3/b7-5-,8-6-,13-11-,14-12-,19-17-,20-18-,25-23-,26-24-,31-29-,32-30-,37-35-,38-36-,41-40-,44-43-,49-47-,50-48-,55-53-,56-54-,62-60-. The number of ether oxygens (including phenoxy) is 2. The molecule has 0 amide bonds. The summed E-state index contributed by atoms with van der Waals surface area (Å²) >= 11 is 0. The Morgan fingerprint density at radius 3 is 0.667 bits per heavy atom. The van der Waals surface area contributed by atoms with E-state index >= 15 is 0 Å². The maximum atomic E-state index is 12.4. The van der Waals surface area contributed by atoms with Gasteiger partial charge in [0, 0.05) is 12.8 Å². The molecule has 0 rings (SSSR count). The molecule has 0 saturated heterocycles. The number of aliphatic hydroxyl groups excluding tert-OH is 1.